The average molecular weight is 329 g/mol. The molecular weight excluding hydrogens is 306 g/mol. The first-order valence-corrected chi connectivity index (χ1v) is 8.48. The van der Waals surface area contributed by atoms with Crippen LogP contribution in [0.15, 0.2) is 29.8 Å². The largest absolute Gasteiger partial charge is 0.419 e. The molecule has 0 N–H and O–H groups in total. The summed E-state index contributed by atoms with van der Waals surface area (Å²) in [6.45, 7) is 5.23. The lowest BCUT2D eigenvalue weighted by atomic mass is 10.1. The maximum absolute atomic E-state index is 12.0. The fourth-order valence-corrected chi connectivity index (χ4v) is 3.06. The van der Waals surface area contributed by atoms with E-state index in [1.807, 2.05) is 24.3 Å². The molecule has 2 saturated heterocycles. The zero-order valence-electron chi connectivity index (χ0n) is 14.2. The van der Waals surface area contributed by atoms with E-state index in [4.69, 9.17) is 9.47 Å². The highest BCUT2D eigenvalue weighted by Crippen LogP contribution is 2.25. The second kappa shape index (κ2) is 6.67. The molecule has 3 rings (SSSR count). The smallest absolute Gasteiger partial charge is 0.348 e. The van der Waals surface area contributed by atoms with E-state index in [0.717, 1.165) is 18.7 Å². The van der Waals surface area contributed by atoms with Gasteiger partial charge in [0, 0.05) is 32.6 Å². The van der Waals surface area contributed by atoms with Crippen molar-refractivity contribution in [2.75, 3.05) is 18.0 Å². The van der Waals surface area contributed by atoms with Crippen LogP contribution in [0.5, 0.6) is 0 Å². The van der Waals surface area contributed by atoms with Crippen molar-refractivity contribution in [2.24, 2.45) is 0 Å². The lowest BCUT2D eigenvalue weighted by Gasteiger charge is -2.29. The molecule has 0 atom stereocenters. The Labute approximate surface area is 142 Å². The van der Waals surface area contributed by atoms with E-state index in [2.05, 4.69) is 4.90 Å². The Hall–Kier alpha value is -2.30. The molecule has 0 amide bonds. The van der Waals surface area contributed by atoms with Crippen molar-refractivity contribution in [3.05, 3.63) is 35.4 Å². The van der Waals surface area contributed by atoms with E-state index < -0.39 is 17.7 Å². The van der Waals surface area contributed by atoms with Crippen LogP contribution in [0.25, 0.3) is 6.08 Å². The average Bonchev–Trinajstić information content (AvgIpc) is 2.80. The van der Waals surface area contributed by atoms with Gasteiger partial charge in [-0.2, -0.15) is 0 Å². The Morgan fingerprint density at radius 3 is 2.00 bits per heavy atom. The van der Waals surface area contributed by atoms with Gasteiger partial charge in [-0.3, -0.25) is 0 Å². The highest BCUT2D eigenvalue weighted by molar-refractivity contribution is 6.18. The van der Waals surface area contributed by atoms with Crippen molar-refractivity contribution < 1.29 is 19.1 Å². The third-order valence-corrected chi connectivity index (χ3v) is 4.29. The van der Waals surface area contributed by atoms with E-state index in [-0.39, 0.29) is 5.57 Å². The van der Waals surface area contributed by atoms with Gasteiger partial charge in [-0.05, 0) is 36.6 Å². The monoisotopic (exact) mass is 329 g/mol. The first kappa shape index (κ1) is 16.6. The van der Waals surface area contributed by atoms with Crippen molar-refractivity contribution in [3.63, 3.8) is 0 Å². The topological polar surface area (TPSA) is 55.8 Å². The maximum atomic E-state index is 12.0. The molecule has 2 fully saturated rings. The molecule has 0 bridgehead atoms. The Morgan fingerprint density at radius 1 is 0.917 bits per heavy atom. The quantitative estimate of drug-likeness (QED) is 0.473. The summed E-state index contributed by atoms with van der Waals surface area (Å²) in [4.78, 5) is 26.3. The minimum absolute atomic E-state index is 0.0724. The van der Waals surface area contributed by atoms with Crippen molar-refractivity contribution in [3.8, 4) is 0 Å². The summed E-state index contributed by atoms with van der Waals surface area (Å²) in [6, 6.07) is 7.88. The van der Waals surface area contributed by atoms with Crippen molar-refractivity contribution >= 4 is 23.7 Å². The number of cyclic esters (lactones) is 2. The number of hydrogen-bond acceptors (Lipinski definition) is 5. The van der Waals surface area contributed by atoms with Gasteiger partial charge in [0.15, 0.2) is 0 Å². The van der Waals surface area contributed by atoms with Crippen LogP contribution in [0.4, 0.5) is 5.69 Å². The summed E-state index contributed by atoms with van der Waals surface area (Å²) in [5.74, 6) is -2.50. The van der Waals surface area contributed by atoms with Crippen LogP contribution in [-0.2, 0) is 19.1 Å². The summed E-state index contributed by atoms with van der Waals surface area (Å²) in [5.41, 5.74) is 1.88. The summed E-state index contributed by atoms with van der Waals surface area (Å²) in [5, 5.41) is 0. The Morgan fingerprint density at radius 2 is 1.46 bits per heavy atom. The number of esters is 2. The van der Waals surface area contributed by atoms with Gasteiger partial charge in [0.2, 0.25) is 0 Å². The van der Waals surface area contributed by atoms with Crippen LogP contribution in [-0.4, -0.2) is 30.8 Å². The van der Waals surface area contributed by atoms with E-state index in [0.29, 0.717) is 0 Å². The SMILES string of the molecule is CC1(C)OC(=O)C(=Cc2ccc(N3CCCCCC3)cc2)C(=O)O1. The predicted octanol–water partition coefficient (Wildman–Crippen LogP) is 3.29. The molecular formula is C19H23NO4. The van der Waals surface area contributed by atoms with Crippen LogP contribution in [0.2, 0.25) is 0 Å². The number of carbonyl (C=O) groups excluding carboxylic acids is 2. The predicted molar refractivity (Wildman–Crippen MR) is 91.4 cm³/mol. The minimum Gasteiger partial charge on any atom is -0.419 e. The summed E-state index contributed by atoms with van der Waals surface area (Å²) >= 11 is 0. The fourth-order valence-electron chi connectivity index (χ4n) is 3.06. The normalized spacial score (nSPS) is 20.9. The molecule has 2 aliphatic rings. The summed E-state index contributed by atoms with van der Waals surface area (Å²) in [6.07, 6.45) is 6.55. The van der Waals surface area contributed by atoms with E-state index >= 15 is 0 Å². The molecule has 0 aromatic heterocycles. The van der Waals surface area contributed by atoms with Crippen LogP contribution >= 0.6 is 0 Å². The number of benzene rings is 1. The van der Waals surface area contributed by atoms with Crippen LogP contribution < -0.4 is 4.90 Å². The highest BCUT2D eigenvalue weighted by atomic mass is 16.7. The Balaban J connectivity index is 1.76. The van der Waals surface area contributed by atoms with Gasteiger partial charge in [-0.25, -0.2) is 9.59 Å². The molecule has 0 saturated carbocycles. The van der Waals surface area contributed by atoms with Gasteiger partial charge in [-0.15, -0.1) is 0 Å². The van der Waals surface area contributed by atoms with Gasteiger partial charge >= 0.3 is 11.9 Å². The standard InChI is InChI=1S/C19H23NO4/c1-19(2)23-17(21)16(18(22)24-19)13-14-7-9-15(10-8-14)20-11-5-3-4-6-12-20/h7-10,13H,3-6,11-12H2,1-2H3. The zero-order valence-corrected chi connectivity index (χ0v) is 14.2. The number of nitrogens with zero attached hydrogens (tertiary/aromatic N) is 1. The molecule has 0 radical (unpaired) electrons. The van der Waals surface area contributed by atoms with E-state index in [1.54, 1.807) is 0 Å². The second-order valence-electron chi connectivity index (χ2n) is 6.73. The lowest BCUT2D eigenvalue weighted by Crippen LogP contribution is -2.41. The first-order valence-electron chi connectivity index (χ1n) is 8.48. The minimum atomic E-state index is -1.21. The molecule has 24 heavy (non-hydrogen) atoms. The van der Waals surface area contributed by atoms with E-state index in [9.17, 15) is 9.59 Å². The molecule has 0 spiro atoms. The summed E-state index contributed by atoms with van der Waals surface area (Å²) < 4.78 is 10.2. The van der Waals surface area contributed by atoms with Crippen LogP contribution in [0.3, 0.4) is 0 Å². The third-order valence-electron chi connectivity index (χ3n) is 4.29. The molecule has 128 valence electrons. The van der Waals surface area contributed by atoms with Gasteiger partial charge in [0.25, 0.3) is 5.79 Å². The lowest BCUT2D eigenvalue weighted by molar-refractivity contribution is -0.222. The number of anilines is 1. The molecule has 1 aromatic carbocycles. The van der Waals surface area contributed by atoms with Gasteiger partial charge in [0.1, 0.15) is 5.57 Å². The third kappa shape index (κ3) is 3.78. The molecule has 2 aliphatic heterocycles. The van der Waals surface area contributed by atoms with Crippen molar-refractivity contribution in [2.45, 2.75) is 45.3 Å². The van der Waals surface area contributed by atoms with E-state index in [1.165, 1.54) is 51.3 Å². The number of ether oxygens (including phenoxy) is 2. The molecule has 0 aliphatic carbocycles. The molecule has 5 heteroatoms. The number of hydrogen-bond donors (Lipinski definition) is 0. The summed E-state index contributed by atoms with van der Waals surface area (Å²) in [7, 11) is 0. The Kier molecular flexibility index (Phi) is 4.60. The van der Waals surface area contributed by atoms with Crippen molar-refractivity contribution in [1.29, 1.82) is 0 Å². The number of rotatable bonds is 2. The Bertz CT molecular complexity index is 630. The van der Waals surface area contributed by atoms with Crippen molar-refractivity contribution in [1.82, 2.24) is 0 Å². The van der Waals surface area contributed by atoms with Crippen LogP contribution in [0, 0.1) is 0 Å². The fraction of sp³-hybridized carbons (Fsp3) is 0.474. The molecule has 2 heterocycles. The maximum Gasteiger partial charge on any atom is 0.348 e. The first-order chi connectivity index (χ1) is 11.4. The zero-order chi connectivity index (χ0) is 17.2. The van der Waals surface area contributed by atoms with Crippen LogP contribution in [0.1, 0.15) is 45.1 Å². The number of carbonyl (C=O) groups is 2. The second-order valence-corrected chi connectivity index (χ2v) is 6.73. The van der Waals surface area contributed by atoms with Gasteiger partial charge in [-0.1, -0.05) is 25.0 Å². The van der Waals surface area contributed by atoms with Gasteiger partial charge in [0.05, 0.1) is 0 Å². The molecule has 5 nitrogen and oxygen atoms in total. The highest BCUT2D eigenvalue weighted by Gasteiger charge is 2.38. The van der Waals surface area contributed by atoms with Gasteiger partial charge < -0.3 is 14.4 Å². The molecule has 0 unspecified atom stereocenters. The molecule has 1 aromatic rings.